The van der Waals surface area contributed by atoms with Crippen molar-refractivity contribution in [2.45, 2.75) is 6.42 Å². The molecule has 6 nitrogen and oxygen atoms in total. The van der Waals surface area contributed by atoms with Crippen molar-refractivity contribution in [2.24, 2.45) is 17.2 Å². The SMILES string of the molecule is N=C(N)N.NCCCN1CCOCC1. The largest absolute Gasteiger partial charge is 0.379 e. The van der Waals surface area contributed by atoms with Gasteiger partial charge >= 0.3 is 0 Å². The van der Waals surface area contributed by atoms with Gasteiger partial charge in [0.2, 0.25) is 0 Å². The van der Waals surface area contributed by atoms with Crippen molar-refractivity contribution in [2.75, 3.05) is 39.4 Å². The zero-order valence-electron chi connectivity index (χ0n) is 8.54. The van der Waals surface area contributed by atoms with Crippen molar-refractivity contribution in [3.63, 3.8) is 0 Å². The third-order valence-corrected chi connectivity index (χ3v) is 1.78. The van der Waals surface area contributed by atoms with E-state index in [9.17, 15) is 0 Å². The van der Waals surface area contributed by atoms with Gasteiger partial charge in [0.25, 0.3) is 0 Å². The Balaban J connectivity index is 0.000000364. The lowest BCUT2D eigenvalue weighted by molar-refractivity contribution is 0.0377. The number of ether oxygens (including phenoxy) is 1. The number of rotatable bonds is 3. The average Bonchev–Trinajstić information content (AvgIpc) is 2.15. The minimum Gasteiger partial charge on any atom is -0.379 e. The van der Waals surface area contributed by atoms with Crippen molar-refractivity contribution >= 4 is 5.96 Å². The summed E-state index contributed by atoms with van der Waals surface area (Å²) in [7, 11) is 0. The summed E-state index contributed by atoms with van der Waals surface area (Å²) in [5.41, 5.74) is 14.3. The van der Waals surface area contributed by atoms with Crippen LogP contribution < -0.4 is 17.2 Å². The highest BCUT2D eigenvalue weighted by atomic mass is 16.5. The Morgan fingerprint density at radius 1 is 1.29 bits per heavy atom. The third kappa shape index (κ3) is 9.24. The van der Waals surface area contributed by atoms with E-state index in [4.69, 9.17) is 15.9 Å². The van der Waals surface area contributed by atoms with E-state index in [-0.39, 0.29) is 5.96 Å². The van der Waals surface area contributed by atoms with Gasteiger partial charge < -0.3 is 21.9 Å². The third-order valence-electron chi connectivity index (χ3n) is 1.78. The van der Waals surface area contributed by atoms with Crippen LogP contribution in [-0.4, -0.2) is 50.3 Å². The Labute approximate surface area is 84.9 Å². The second kappa shape index (κ2) is 8.74. The predicted molar refractivity (Wildman–Crippen MR) is 57.0 cm³/mol. The van der Waals surface area contributed by atoms with Gasteiger partial charge in [-0.15, -0.1) is 0 Å². The van der Waals surface area contributed by atoms with Crippen LogP contribution in [0, 0.1) is 5.41 Å². The lowest BCUT2D eigenvalue weighted by Crippen LogP contribution is -2.37. The van der Waals surface area contributed by atoms with Crippen LogP contribution in [0.1, 0.15) is 6.42 Å². The summed E-state index contributed by atoms with van der Waals surface area (Å²) >= 11 is 0. The van der Waals surface area contributed by atoms with Crippen molar-refractivity contribution in [3.05, 3.63) is 0 Å². The highest BCUT2D eigenvalue weighted by Gasteiger charge is 2.07. The summed E-state index contributed by atoms with van der Waals surface area (Å²) in [6.45, 7) is 5.90. The zero-order valence-corrected chi connectivity index (χ0v) is 8.54. The highest BCUT2D eigenvalue weighted by Crippen LogP contribution is 1.96. The molecule has 6 heteroatoms. The Bertz CT molecular complexity index is 143. The molecule has 0 aromatic heterocycles. The molecule has 1 fully saturated rings. The number of hydrogen-bond acceptors (Lipinski definition) is 4. The minimum atomic E-state index is -0.333. The molecule has 0 bridgehead atoms. The molecule has 0 atom stereocenters. The standard InChI is InChI=1S/C7H16N2O.CH5N3/c8-2-1-3-9-4-6-10-7-5-9;2-1(3)4/h1-8H2;(H5,2,3,4). The van der Waals surface area contributed by atoms with Crippen LogP contribution in [0.4, 0.5) is 0 Å². The van der Waals surface area contributed by atoms with E-state index < -0.39 is 0 Å². The van der Waals surface area contributed by atoms with Gasteiger partial charge in [-0.1, -0.05) is 0 Å². The molecule has 1 aliphatic rings. The van der Waals surface area contributed by atoms with Gasteiger partial charge in [0.15, 0.2) is 5.96 Å². The van der Waals surface area contributed by atoms with Crippen molar-refractivity contribution < 1.29 is 4.74 Å². The number of hydrogen-bond donors (Lipinski definition) is 4. The fraction of sp³-hybridized carbons (Fsp3) is 0.875. The van der Waals surface area contributed by atoms with E-state index in [0.717, 1.165) is 45.8 Å². The van der Waals surface area contributed by atoms with Gasteiger partial charge in [0, 0.05) is 13.1 Å². The van der Waals surface area contributed by atoms with E-state index in [0.29, 0.717) is 0 Å². The first kappa shape index (κ1) is 13.2. The van der Waals surface area contributed by atoms with Crippen molar-refractivity contribution in [1.29, 1.82) is 5.41 Å². The number of morpholine rings is 1. The van der Waals surface area contributed by atoms with Crippen LogP contribution in [0.2, 0.25) is 0 Å². The fourth-order valence-electron chi connectivity index (χ4n) is 1.14. The molecular weight excluding hydrogens is 182 g/mol. The Hall–Kier alpha value is -0.850. The number of nitrogens with zero attached hydrogens (tertiary/aromatic N) is 1. The fourth-order valence-corrected chi connectivity index (χ4v) is 1.14. The first-order chi connectivity index (χ1) is 6.66. The maximum atomic E-state index is 6.06. The molecule has 1 aliphatic heterocycles. The summed E-state index contributed by atoms with van der Waals surface area (Å²) in [5, 5.41) is 6.06. The zero-order chi connectivity index (χ0) is 10.8. The molecule has 0 spiro atoms. The van der Waals surface area contributed by atoms with Crippen LogP contribution in [0.3, 0.4) is 0 Å². The number of nitrogens with two attached hydrogens (primary N) is 3. The molecule has 7 N–H and O–H groups in total. The Morgan fingerprint density at radius 2 is 1.79 bits per heavy atom. The molecule has 0 saturated carbocycles. The van der Waals surface area contributed by atoms with Crippen LogP contribution >= 0.6 is 0 Å². The lowest BCUT2D eigenvalue weighted by atomic mass is 10.3. The maximum absolute atomic E-state index is 6.06. The average molecular weight is 203 g/mol. The van der Waals surface area contributed by atoms with E-state index in [1.807, 2.05) is 0 Å². The molecule has 1 saturated heterocycles. The summed E-state index contributed by atoms with van der Waals surface area (Å²) in [4.78, 5) is 2.40. The lowest BCUT2D eigenvalue weighted by Gasteiger charge is -2.26. The smallest absolute Gasteiger partial charge is 0.183 e. The molecule has 0 aromatic rings. The molecule has 0 amide bonds. The van der Waals surface area contributed by atoms with Crippen molar-refractivity contribution in [1.82, 2.24) is 4.90 Å². The van der Waals surface area contributed by atoms with Gasteiger partial charge in [-0.05, 0) is 19.5 Å². The van der Waals surface area contributed by atoms with E-state index in [2.05, 4.69) is 16.4 Å². The van der Waals surface area contributed by atoms with Gasteiger partial charge in [0.05, 0.1) is 13.2 Å². The quantitative estimate of drug-likeness (QED) is 0.329. The molecule has 0 aromatic carbocycles. The second-order valence-electron chi connectivity index (χ2n) is 3.05. The molecule has 1 rings (SSSR count). The topological polar surface area (TPSA) is 114 Å². The molecular formula is C8H21N5O. The predicted octanol–water partition coefficient (Wildman–Crippen LogP) is -1.49. The van der Waals surface area contributed by atoms with Crippen LogP contribution in [0.5, 0.6) is 0 Å². The summed E-state index contributed by atoms with van der Waals surface area (Å²) < 4.78 is 5.21. The first-order valence-corrected chi connectivity index (χ1v) is 4.76. The summed E-state index contributed by atoms with van der Waals surface area (Å²) in [6.07, 6.45) is 1.11. The second-order valence-corrected chi connectivity index (χ2v) is 3.05. The van der Waals surface area contributed by atoms with Gasteiger partial charge in [-0.3, -0.25) is 10.3 Å². The maximum Gasteiger partial charge on any atom is 0.183 e. The van der Waals surface area contributed by atoms with Gasteiger partial charge in [-0.25, -0.2) is 0 Å². The first-order valence-electron chi connectivity index (χ1n) is 4.76. The van der Waals surface area contributed by atoms with Crippen LogP contribution in [0.15, 0.2) is 0 Å². The van der Waals surface area contributed by atoms with Gasteiger partial charge in [-0.2, -0.15) is 0 Å². The molecule has 14 heavy (non-hydrogen) atoms. The number of nitrogens with one attached hydrogen (secondary N) is 1. The van der Waals surface area contributed by atoms with Crippen LogP contribution in [-0.2, 0) is 4.74 Å². The molecule has 84 valence electrons. The monoisotopic (exact) mass is 203 g/mol. The van der Waals surface area contributed by atoms with Gasteiger partial charge in [0.1, 0.15) is 0 Å². The molecule has 0 aliphatic carbocycles. The van der Waals surface area contributed by atoms with Crippen molar-refractivity contribution in [3.8, 4) is 0 Å². The Morgan fingerprint density at radius 3 is 2.21 bits per heavy atom. The van der Waals surface area contributed by atoms with E-state index in [1.54, 1.807) is 0 Å². The minimum absolute atomic E-state index is 0.333. The normalized spacial score (nSPS) is 16.9. The van der Waals surface area contributed by atoms with E-state index >= 15 is 0 Å². The van der Waals surface area contributed by atoms with Crippen LogP contribution in [0.25, 0.3) is 0 Å². The van der Waals surface area contributed by atoms with E-state index in [1.165, 1.54) is 0 Å². The summed E-state index contributed by atoms with van der Waals surface area (Å²) in [5.74, 6) is -0.333. The number of guanidine groups is 1. The Kier molecular flexibility index (Phi) is 8.20. The molecule has 0 unspecified atom stereocenters. The highest BCUT2D eigenvalue weighted by molar-refractivity contribution is 5.71. The molecule has 0 radical (unpaired) electrons. The molecule has 1 heterocycles. The summed E-state index contributed by atoms with van der Waals surface area (Å²) in [6, 6.07) is 0.